The zero-order valence-corrected chi connectivity index (χ0v) is 15.4. The van der Waals surface area contributed by atoms with Crippen molar-refractivity contribution in [2.24, 2.45) is 7.05 Å². The SMILES string of the molecule is CCOC(=O)c1ccc2nc(NC(=O)COC(=O)c3ccn(C)n3)sc2c1. The van der Waals surface area contributed by atoms with Crippen molar-refractivity contribution in [3.8, 4) is 0 Å². The van der Waals surface area contributed by atoms with Crippen LogP contribution in [0.4, 0.5) is 5.13 Å². The Morgan fingerprint density at radius 3 is 2.70 bits per heavy atom. The number of anilines is 1. The third kappa shape index (κ3) is 4.47. The Bertz CT molecular complexity index is 1010. The van der Waals surface area contributed by atoms with Gasteiger partial charge in [0, 0.05) is 13.2 Å². The number of nitrogens with zero attached hydrogens (tertiary/aromatic N) is 3. The average Bonchev–Trinajstić information content (AvgIpc) is 3.24. The van der Waals surface area contributed by atoms with Crippen LogP contribution in [0.25, 0.3) is 10.2 Å². The Balaban J connectivity index is 1.61. The molecule has 0 radical (unpaired) electrons. The number of aromatic nitrogens is 3. The molecule has 0 atom stereocenters. The third-order valence-electron chi connectivity index (χ3n) is 3.40. The van der Waals surface area contributed by atoms with E-state index in [9.17, 15) is 14.4 Å². The van der Waals surface area contributed by atoms with Gasteiger partial charge in [0.05, 0.1) is 22.4 Å². The molecule has 0 aliphatic carbocycles. The van der Waals surface area contributed by atoms with Gasteiger partial charge in [0.1, 0.15) is 0 Å². The number of benzene rings is 1. The lowest BCUT2D eigenvalue weighted by Gasteiger charge is -2.02. The van der Waals surface area contributed by atoms with Gasteiger partial charge in [-0.15, -0.1) is 0 Å². The van der Waals surface area contributed by atoms with Crippen molar-refractivity contribution in [1.82, 2.24) is 14.8 Å². The molecule has 0 aliphatic rings. The third-order valence-corrected chi connectivity index (χ3v) is 4.34. The van der Waals surface area contributed by atoms with Gasteiger partial charge in [-0.3, -0.25) is 14.8 Å². The number of esters is 2. The van der Waals surface area contributed by atoms with E-state index in [1.807, 2.05) is 0 Å². The Morgan fingerprint density at radius 2 is 2.00 bits per heavy atom. The molecule has 0 spiro atoms. The predicted octanol–water partition coefficient (Wildman–Crippen LogP) is 2.00. The van der Waals surface area contributed by atoms with Gasteiger partial charge in [-0.1, -0.05) is 11.3 Å². The summed E-state index contributed by atoms with van der Waals surface area (Å²) in [5, 5.41) is 6.80. The number of aryl methyl sites for hydroxylation is 1. The van der Waals surface area contributed by atoms with Crippen LogP contribution in [0.15, 0.2) is 30.5 Å². The topological polar surface area (TPSA) is 112 Å². The van der Waals surface area contributed by atoms with E-state index in [1.54, 1.807) is 38.4 Å². The molecule has 3 aromatic rings. The van der Waals surface area contributed by atoms with Gasteiger partial charge in [-0.25, -0.2) is 14.6 Å². The first kappa shape index (κ1) is 18.5. The molecule has 0 fully saturated rings. The van der Waals surface area contributed by atoms with E-state index in [0.717, 1.165) is 4.70 Å². The molecule has 3 rings (SSSR count). The predicted molar refractivity (Wildman–Crippen MR) is 97.7 cm³/mol. The lowest BCUT2D eigenvalue weighted by Crippen LogP contribution is -2.21. The van der Waals surface area contributed by atoms with Crippen LogP contribution in [0.2, 0.25) is 0 Å². The van der Waals surface area contributed by atoms with E-state index in [1.165, 1.54) is 22.1 Å². The van der Waals surface area contributed by atoms with E-state index in [0.29, 0.717) is 16.2 Å². The first-order valence-electron chi connectivity index (χ1n) is 8.00. The maximum absolute atomic E-state index is 12.0. The van der Waals surface area contributed by atoms with Crippen LogP contribution < -0.4 is 5.32 Å². The van der Waals surface area contributed by atoms with E-state index in [4.69, 9.17) is 9.47 Å². The van der Waals surface area contributed by atoms with Crippen molar-refractivity contribution < 1.29 is 23.9 Å². The summed E-state index contributed by atoms with van der Waals surface area (Å²) in [6.45, 7) is 1.56. The van der Waals surface area contributed by atoms with Gasteiger partial charge >= 0.3 is 11.9 Å². The molecular weight excluding hydrogens is 372 g/mol. The molecule has 0 saturated carbocycles. The minimum atomic E-state index is -0.686. The van der Waals surface area contributed by atoms with Crippen molar-refractivity contribution in [1.29, 1.82) is 0 Å². The Hall–Kier alpha value is -3.27. The van der Waals surface area contributed by atoms with Gasteiger partial charge in [-0.2, -0.15) is 5.10 Å². The lowest BCUT2D eigenvalue weighted by atomic mass is 10.2. The summed E-state index contributed by atoms with van der Waals surface area (Å²) in [6, 6.07) is 6.44. The minimum Gasteiger partial charge on any atom is -0.462 e. The number of amides is 1. The fourth-order valence-corrected chi connectivity index (χ4v) is 3.13. The Labute approximate surface area is 157 Å². The van der Waals surface area contributed by atoms with Crippen molar-refractivity contribution in [3.63, 3.8) is 0 Å². The molecule has 1 amide bonds. The molecule has 0 bridgehead atoms. The van der Waals surface area contributed by atoms with Gasteiger partial charge in [0.2, 0.25) is 0 Å². The summed E-state index contributed by atoms with van der Waals surface area (Å²) in [4.78, 5) is 39.8. The number of thiazole rings is 1. The summed E-state index contributed by atoms with van der Waals surface area (Å²) >= 11 is 1.20. The summed E-state index contributed by atoms with van der Waals surface area (Å²) in [6.07, 6.45) is 1.60. The van der Waals surface area contributed by atoms with E-state index < -0.39 is 24.5 Å². The molecule has 2 heterocycles. The number of ether oxygens (including phenoxy) is 2. The number of carbonyl (C=O) groups is 3. The average molecular weight is 388 g/mol. The zero-order chi connectivity index (χ0) is 19.4. The second-order valence-electron chi connectivity index (χ2n) is 5.42. The summed E-state index contributed by atoms with van der Waals surface area (Å²) in [5.41, 5.74) is 1.17. The molecule has 27 heavy (non-hydrogen) atoms. The maximum atomic E-state index is 12.0. The standard InChI is InChI=1S/C17H16N4O5S/c1-3-25-15(23)10-4-5-11-13(8-10)27-17(18-11)19-14(22)9-26-16(24)12-6-7-21(2)20-12/h4-8H,3,9H2,1-2H3,(H,18,19,22). The summed E-state index contributed by atoms with van der Waals surface area (Å²) in [7, 11) is 1.67. The molecule has 140 valence electrons. The highest BCUT2D eigenvalue weighted by molar-refractivity contribution is 7.22. The molecule has 10 heteroatoms. The highest BCUT2D eigenvalue weighted by Gasteiger charge is 2.15. The maximum Gasteiger partial charge on any atom is 0.359 e. The quantitative estimate of drug-likeness (QED) is 0.643. The summed E-state index contributed by atoms with van der Waals surface area (Å²) in [5.74, 6) is -1.63. The lowest BCUT2D eigenvalue weighted by molar-refractivity contribution is -0.119. The summed E-state index contributed by atoms with van der Waals surface area (Å²) < 4.78 is 12.1. The molecule has 0 unspecified atom stereocenters. The number of rotatable bonds is 6. The van der Waals surface area contributed by atoms with Gasteiger partial charge in [0.15, 0.2) is 17.4 Å². The number of hydrogen-bond acceptors (Lipinski definition) is 8. The Morgan fingerprint density at radius 1 is 1.19 bits per heavy atom. The zero-order valence-electron chi connectivity index (χ0n) is 14.6. The molecule has 2 aromatic heterocycles. The van der Waals surface area contributed by atoms with E-state index in [-0.39, 0.29) is 12.3 Å². The number of fused-ring (bicyclic) bond motifs is 1. The van der Waals surface area contributed by atoms with E-state index >= 15 is 0 Å². The number of nitrogens with one attached hydrogen (secondary N) is 1. The highest BCUT2D eigenvalue weighted by atomic mass is 32.1. The van der Waals surface area contributed by atoms with Crippen LogP contribution in [-0.2, 0) is 21.3 Å². The smallest absolute Gasteiger partial charge is 0.359 e. The monoisotopic (exact) mass is 388 g/mol. The second-order valence-corrected chi connectivity index (χ2v) is 6.45. The fraction of sp³-hybridized carbons (Fsp3) is 0.235. The molecule has 1 aromatic carbocycles. The van der Waals surface area contributed by atoms with Crippen LogP contribution in [0, 0.1) is 0 Å². The van der Waals surface area contributed by atoms with E-state index in [2.05, 4.69) is 15.4 Å². The molecule has 9 nitrogen and oxygen atoms in total. The number of hydrogen-bond donors (Lipinski definition) is 1. The highest BCUT2D eigenvalue weighted by Crippen LogP contribution is 2.27. The fourth-order valence-electron chi connectivity index (χ4n) is 2.20. The second kappa shape index (κ2) is 7.96. The molecule has 0 aliphatic heterocycles. The first-order chi connectivity index (χ1) is 13.0. The van der Waals surface area contributed by atoms with Gasteiger partial charge in [0.25, 0.3) is 5.91 Å². The minimum absolute atomic E-state index is 0.122. The van der Waals surface area contributed by atoms with Crippen molar-refractivity contribution >= 4 is 44.5 Å². The van der Waals surface area contributed by atoms with Gasteiger partial charge < -0.3 is 9.47 Å². The molecule has 0 saturated heterocycles. The van der Waals surface area contributed by atoms with Crippen LogP contribution >= 0.6 is 11.3 Å². The Kier molecular flexibility index (Phi) is 5.46. The van der Waals surface area contributed by atoms with Crippen LogP contribution in [0.3, 0.4) is 0 Å². The number of carbonyl (C=O) groups excluding carboxylic acids is 3. The van der Waals surface area contributed by atoms with Crippen LogP contribution in [0.1, 0.15) is 27.8 Å². The van der Waals surface area contributed by atoms with Crippen molar-refractivity contribution in [2.75, 3.05) is 18.5 Å². The van der Waals surface area contributed by atoms with Crippen molar-refractivity contribution in [3.05, 3.63) is 41.7 Å². The van der Waals surface area contributed by atoms with Gasteiger partial charge in [-0.05, 0) is 31.2 Å². The molecular formula is C17H16N4O5S. The molecule has 1 N–H and O–H groups in total. The van der Waals surface area contributed by atoms with Crippen molar-refractivity contribution in [2.45, 2.75) is 6.92 Å². The normalized spacial score (nSPS) is 10.6. The van der Waals surface area contributed by atoms with Crippen LogP contribution in [0.5, 0.6) is 0 Å². The first-order valence-corrected chi connectivity index (χ1v) is 8.82. The van der Waals surface area contributed by atoms with Crippen LogP contribution in [-0.4, -0.2) is 45.8 Å². The largest absolute Gasteiger partial charge is 0.462 e.